The average molecular weight is 347 g/mol. The van der Waals surface area contributed by atoms with E-state index >= 15 is 0 Å². The van der Waals surface area contributed by atoms with Crippen LogP contribution in [-0.2, 0) is 19.1 Å². The van der Waals surface area contributed by atoms with Crippen molar-refractivity contribution in [1.29, 1.82) is 0 Å². The number of nitrogens with two attached hydrogens (primary N) is 1. The molecule has 0 aromatic heterocycles. The Morgan fingerprint density at radius 3 is 2.48 bits per heavy atom. The van der Waals surface area contributed by atoms with Crippen molar-refractivity contribution in [2.24, 2.45) is 11.8 Å². The van der Waals surface area contributed by atoms with Crippen LogP contribution in [0.5, 0.6) is 5.75 Å². The van der Waals surface area contributed by atoms with Crippen LogP contribution in [0.25, 0.3) is 0 Å². The number of rotatable bonds is 4. The number of hydrogen-bond acceptors (Lipinski definition) is 5. The molecule has 7 nitrogen and oxygen atoms in total. The molecule has 0 radical (unpaired) electrons. The minimum atomic E-state index is -1.10. The standard InChI is InChI=1S/C18H22N2O5/c1-4-9-18(17(24)25-3)13-12(15(22)20(2)16(13)23)14(19-18)10-5-7-11(21)8-6-10/h5-8,12-14,19,21H,4,9H2,1-3H3/p+1/t12-,13+,14-,18+/m0/s1. The Bertz CT molecular complexity index is 717. The van der Waals surface area contributed by atoms with E-state index in [1.54, 1.807) is 24.3 Å². The maximum absolute atomic E-state index is 12.8. The number of imide groups is 1. The molecular formula is C18H23N2O5+. The van der Waals surface area contributed by atoms with Gasteiger partial charge in [0.25, 0.3) is 0 Å². The van der Waals surface area contributed by atoms with Crippen LogP contribution in [0.2, 0.25) is 0 Å². The van der Waals surface area contributed by atoms with E-state index in [0.717, 1.165) is 10.5 Å². The molecule has 0 bridgehead atoms. The summed E-state index contributed by atoms with van der Waals surface area (Å²) in [7, 11) is 2.77. The second-order valence-corrected chi connectivity index (χ2v) is 6.80. The Labute approximate surface area is 146 Å². The van der Waals surface area contributed by atoms with Crippen LogP contribution < -0.4 is 5.32 Å². The van der Waals surface area contributed by atoms with E-state index in [2.05, 4.69) is 0 Å². The van der Waals surface area contributed by atoms with Gasteiger partial charge < -0.3 is 15.2 Å². The number of fused-ring (bicyclic) bond motifs is 1. The number of ether oxygens (including phenoxy) is 1. The second-order valence-electron chi connectivity index (χ2n) is 6.80. The number of carbonyl (C=O) groups excluding carboxylic acids is 3. The molecule has 2 aliphatic rings. The van der Waals surface area contributed by atoms with Gasteiger partial charge in [-0.15, -0.1) is 0 Å². The molecule has 2 fully saturated rings. The summed E-state index contributed by atoms with van der Waals surface area (Å²) in [6, 6.07) is 6.16. The summed E-state index contributed by atoms with van der Waals surface area (Å²) in [6.45, 7) is 1.94. The quantitative estimate of drug-likeness (QED) is 0.588. The number of benzene rings is 1. The molecule has 2 amide bonds. The SMILES string of the molecule is CCC[C@@]1(C(=O)OC)[NH2+][C@@H](c2ccc(O)cc2)[C@H]2C(=O)N(C)C(=O)[C@@H]21. The van der Waals surface area contributed by atoms with Crippen LogP contribution >= 0.6 is 0 Å². The van der Waals surface area contributed by atoms with Crippen molar-refractivity contribution in [1.82, 2.24) is 4.90 Å². The largest absolute Gasteiger partial charge is 0.508 e. The molecule has 0 aliphatic carbocycles. The van der Waals surface area contributed by atoms with E-state index in [1.165, 1.54) is 14.2 Å². The number of amides is 2. The first-order chi connectivity index (χ1) is 11.9. The topological polar surface area (TPSA) is 101 Å². The molecule has 0 unspecified atom stereocenters. The molecule has 0 saturated carbocycles. The first-order valence-corrected chi connectivity index (χ1v) is 8.42. The number of methoxy groups -OCH3 is 1. The Balaban J connectivity index is 2.13. The van der Waals surface area contributed by atoms with Gasteiger partial charge >= 0.3 is 5.97 Å². The third-order valence-corrected chi connectivity index (χ3v) is 5.50. The summed E-state index contributed by atoms with van der Waals surface area (Å²) in [5.74, 6) is -2.31. The zero-order valence-electron chi connectivity index (χ0n) is 14.6. The number of hydrogen-bond donors (Lipinski definition) is 2. The summed E-state index contributed by atoms with van der Waals surface area (Å²) < 4.78 is 5.03. The van der Waals surface area contributed by atoms with Gasteiger partial charge in [-0.2, -0.15) is 0 Å². The number of phenolic OH excluding ortho intramolecular Hbond substituents is 1. The highest BCUT2D eigenvalue weighted by Crippen LogP contribution is 2.45. The van der Waals surface area contributed by atoms with E-state index in [0.29, 0.717) is 12.8 Å². The third-order valence-electron chi connectivity index (χ3n) is 5.50. The molecule has 1 aromatic carbocycles. The predicted molar refractivity (Wildman–Crippen MR) is 87.2 cm³/mol. The van der Waals surface area contributed by atoms with Crippen LogP contribution in [0.1, 0.15) is 31.4 Å². The van der Waals surface area contributed by atoms with E-state index < -0.39 is 23.3 Å². The molecule has 2 heterocycles. The van der Waals surface area contributed by atoms with Gasteiger partial charge in [0, 0.05) is 19.0 Å². The summed E-state index contributed by atoms with van der Waals surface area (Å²) in [6.07, 6.45) is 1.13. The lowest BCUT2D eigenvalue weighted by Crippen LogP contribution is -2.98. The van der Waals surface area contributed by atoms with Crippen LogP contribution in [0, 0.1) is 11.8 Å². The normalized spacial score (nSPS) is 31.3. The molecule has 7 heteroatoms. The van der Waals surface area contributed by atoms with Crippen molar-refractivity contribution in [3.63, 3.8) is 0 Å². The van der Waals surface area contributed by atoms with Crippen molar-refractivity contribution in [2.45, 2.75) is 31.3 Å². The lowest BCUT2D eigenvalue weighted by molar-refractivity contribution is -0.735. The molecule has 134 valence electrons. The molecular weight excluding hydrogens is 324 g/mol. The minimum absolute atomic E-state index is 0.122. The highest BCUT2D eigenvalue weighted by atomic mass is 16.5. The van der Waals surface area contributed by atoms with E-state index in [4.69, 9.17) is 4.74 Å². The van der Waals surface area contributed by atoms with Gasteiger partial charge in [0.15, 0.2) is 0 Å². The van der Waals surface area contributed by atoms with Crippen LogP contribution in [0.15, 0.2) is 24.3 Å². The van der Waals surface area contributed by atoms with Crippen molar-refractivity contribution in [3.05, 3.63) is 29.8 Å². The van der Waals surface area contributed by atoms with Crippen LogP contribution in [0.4, 0.5) is 0 Å². The summed E-state index contributed by atoms with van der Waals surface area (Å²) >= 11 is 0. The fourth-order valence-corrected chi connectivity index (χ4v) is 4.41. The van der Waals surface area contributed by atoms with Crippen molar-refractivity contribution < 1.29 is 29.5 Å². The van der Waals surface area contributed by atoms with Gasteiger partial charge in [-0.25, -0.2) is 4.79 Å². The van der Waals surface area contributed by atoms with Gasteiger partial charge in [0.05, 0.1) is 7.11 Å². The lowest BCUT2D eigenvalue weighted by atomic mass is 9.77. The van der Waals surface area contributed by atoms with Crippen LogP contribution in [0.3, 0.4) is 0 Å². The van der Waals surface area contributed by atoms with Gasteiger partial charge in [0.2, 0.25) is 17.4 Å². The fourth-order valence-electron chi connectivity index (χ4n) is 4.41. The van der Waals surface area contributed by atoms with Crippen molar-refractivity contribution >= 4 is 17.8 Å². The summed E-state index contributed by atoms with van der Waals surface area (Å²) in [5.41, 5.74) is -0.306. The number of esters is 1. The maximum Gasteiger partial charge on any atom is 0.368 e. The summed E-state index contributed by atoms with van der Waals surface area (Å²) in [4.78, 5) is 39.3. The Hall–Kier alpha value is -2.41. The van der Waals surface area contributed by atoms with E-state index in [9.17, 15) is 19.5 Å². The number of aromatic hydroxyl groups is 1. The molecule has 0 spiro atoms. The van der Waals surface area contributed by atoms with Gasteiger partial charge in [-0.05, 0) is 30.7 Å². The van der Waals surface area contributed by atoms with E-state index in [-0.39, 0.29) is 23.6 Å². The second kappa shape index (κ2) is 6.15. The van der Waals surface area contributed by atoms with Gasteiger partial charge in [-0.3, -0.25) is 14.5 Å². The molecule has 3 N–H and O–H groups in total. The Kier molecular flexibility index (Phi) is 4.28. The number of quaternary nitrogens is 1. The Morgan fingerprint density at radius 2 is 1.92 bits per heavy atom. The zero-order chi connectivity index (χ0) is 18.4. The Morgan fingerprint density at radius 1 is 1.28 bits per heavy atom. The van der Waals surface area contributed by atoms with Gasteiger partial charge in [-0.1, -0.05) is 6.92 Å². The smallest absolute Gasteiger partial charge is 0.368 e. The van der Waals surface area contributed by atoms with E-state index in [1.807, 2.05) is 12.2 Å². The molecule has 2 aliphatic heterocycles. The number of likely N-dealkylation sites (tertiary alicyclic amines) is 1. The molecule has 2 saturated heterocycles. The van der Waals surface area contributed by atoms with Gasteiger partial charge in [0.1, 0.15) is 23.6 Å². The number of nitrogens with zero attached hydrogens (tertiary/aromatic N) is 1. The number of carbonyl (C=O) groups is 3. The molecule has 25 heavy (non-hydrogen) atoms. The highest BCUT2D eigenvalue weighted by Gasteiger charge is 2.71. The highest BCUT2D eigenvalue weighted by molar-refractivity contribution is 6.08. The predicted octanol–water partition coefficient (Wildman–Crippen LogP) is -0.0468. The third kappa shape index (κ3) is 2.41. The van der Waals surface area contributed by atoms with Crippen molar-refractivity contribution in [2.75, 3.05) is 14.2 Å². The lowest BCUT2D eigenvalue weighted by Gasteiger charge is -2.28. The molecule has 4 atom stereocenters. The average Bonchev–Trinajstić information content (AvgIpc) is 3.06. The monoisotopic (exact) mass is 347 g/mol. The summed E-state index contributed by atoms with van der Waals surface area (Å²) in [5, 5.41) is 11.3. The van der Waals surface area contributed by atoms with Crippen LogP contribution in [-0.4, -0.2) is 47.5 Å². The minimum Gasteiger partial charge on any atom is -0.508 e. The molecule has 3 rings (SSSR count). The maximum atomic E-state index is 12.8. The zero-order valence-corrected chi connectivity index (χ0v) is 14.6. The van der Waals surface area contributed by atoms with Crippen molar-refractivity contribution in [3.8, 4) is 5.75 Å². The fraction of sp³-hybridized carbons (Fsp3) is 0.500. The first kappa shape index (κ1) is 17.4. The molecule has 1 aromatic rings. The number of phenols is 1. The first-order valence-electron chi connectivity index (χ1n) is 8.42.